The van der Waals surface area contributed by atoms with E-state index in [2.05, 4.69) is 0 Å². The van der Waals surface area contributed by atoms with Crippen LogP contribution < -0.4 is 0 Å². The van der Waals surface area contributed by atoms with Crippen LogP contribution in [0.4, 0.5) is 0 Å². The Balaban J connectivity index is 0.00000144. The van der Waals surface area contributed by atoms with E-state index in [1.165, 1.54) is 70.6 Å². The minimum absolute atomic E-state index is 0. The molecule has 0 amide bonds. The third kappa shape index (κ3) is 3.66. The molecule has 2 unspecified atom stereocenters. The summed E-state index contributed by atoms with van der Waals surface area (Å²) in [5.41, 5.74) is 0. The number of hydrogen-bond donors (Lipinski definition) is 0. The van der Waals surface area contributed by atoms with Crippen molar-refractivity contribution in [3.63, 3.8) is 0 Å². The molecule has 0 bridgehead atoms. The van der Waals surface area contributed by atoms with Crippen molar-refractivity contribution in [3.05, 3.63) is 0 Å². The third-order valence-corrected chi connectivity index (χ3v) is 5.70. The molecule has 4 nitrogen and oxygen atoms in total. The zero-order valence-electron chi connectivity index (χ0n) is 13.7. The van der Waals surface area contributed by atoms with Crippen molar-refractivity contribution >= 4 is 0 Å². The van der Waals surface area contributed by atoms with E-state index in [0.717, 1.165) is 12.8 Å². The van der Waals surface area contributed by atoms with Gasteiger partial charge in [-0.2, -0.15) is 0 Å². The van der Waals surface area contributed by atoms with Gasteiger partial charge in [0, 0.05) is 6.42 Å². The molecule has 0 aromatic rings. The lowest BCUT2D eigenvalue weighted by molar-refractivity contribution is -0.342. The van der Waals surface area contributed by atoms with Gasteiger partial charge in [-0.25, -0.2) is 0 Å². The quantitative estimate of drug-likeness (QED) is 0.705. The second kappa shape index (κ2) is 7.16. The molecule has 4 saturated carbocycles. The highest BCUT2D eigenvalue weighted by atomic mass is 16.7. The van der Waals surface area contributed by atoms with E-state index in [-0.39, 0.29) is 11.6 Å². The summed E-state index contributed by atoms with van der Waals surface area (Å²) in [5, 5.41) is 0. The van der Waals surface area contributed by atoms with Crippen LogP contribution in [0.1, 0.15) is 83.5 Å². The Labute approximate surface area is 134 Å². The van der Waals surface area contributed by atoms with Gasteiger partial charge < -0.3 is 19.7 Å². The van der Waals surface area contributed by atoms with Gasteiger partial charge in [-0.1, -0.05) is 19.3 Å². The first-order valence-electron chi connectivity index (χ1n) is 9.35. The van der Waals surface area contributed by atoms with Crippen molar-refractivity contribution in [1.82, 2.24) is 0 Å². The molecule has 128 valence electrons. The summed E-state index contributed by atoms with van der Waals surface area (Å²) in [5.74, 6) is -0.416. The minimum atomic E-state index is -0.416. The fraction of sp³-hybridized carbons (Fsp3) is 1.00. The van der Waals surface area contributed by atoms with E-state index in [1.54, 1.807) is 0 Å². The molecule has 0 aromatic heterocycles. The highest BCUT2D eigenvalue weighted by molar-refractivity contribution is 4.92. The van der Waals surface area contributed by atoms with Gasteiger partial charge >= 0.3 is 0 Å². The molecular weight excluding hydrogens is 280 g/mol. The Morgan fingerprint density at radius 3 is 1.73 bits per heavy atom. The number of hydrogen-bond acceptors (Lipinski definition) is 3. The molecule has 4 aliphatic rings. The molecule has 4 heteroatoms. The molecule has 0 radical (unpaired) electrons. The summed E-state index contributed by atoms with van der Waals surface area (Å²) in [6.07, 6.45) is 17.4. The van der Waals surface area contributed by atoms with Crippen molar-refractivity contribution in [2.45, 2.75) is 114 Å². The molecule has 0 heterocycles. The molecule has 4 fully saturated rings. The summed E-state index contributed by atoms with van der Waals surface area (Å²) in [6, 6.07) is 0. The van der Waals surface area contributed by atoms with E-state index >= 15 is 0 Å². The summed E-state index contributed by atoms with van der Waals surface area (Å²) in [4.78, 5) is 0. The number of rotatable bonds is 6. The van der Waals surface area contributed by atoms with Crippen molar-refractivity contribution < 1.29 is 19.7 Å². The predicted molar refractivity (Wildman–Crippen MR) is 84.8 cm³/mol. The van der Waals surface area contributed by atoms with Crippen molar-refractivity contribution in [3.8, 4) is 0 Å². The van der Waals surface area contributed by atoms with Gasteiger partial charge in [0.25, 0.3) is 0 Å². The topological polar surface area (TPSA) is 59.2 Å². The van der Waals surface area contributed by atoms with Gasteiger partial charge in [-0.15, -0.1) is 0 Å². The van der Waals surface area contributed by atoms with Gasteiger partial charge in [0.2, 0.25) is 0 Å². The summed E-state index contributed by atoms with van der Waals surface area (Å²) in [6.45, 7) is 0. The maximum Gasteiger partial charge on any atom is 0.195 e. The molecule has 4 aliphatic carbocycles. The monoisotopic (exact) mass is 312 g/mol. The highest BCUT2D eigenvalue weighted by Gasteiger charge is 2.49. The van der Waals surface area contributed by atoms with Gasteiger partial charge in [-0.3, -0.25) is 0 Å². The molecule has 22 heavy (non-hydrogen) atoms. The second-order valence-corrected chi connectivity index (χ2v) is 7.58. The standard InChI is InChI=1S/C18H30O3.H2O/c1-2-7-15(6-1)20-18(21-16-8-5-9-16)13-4-3-10-17(18)19-14-11-12-14;/h14-17H,1-13H2;1H2. The minimum Gasteiger partial charge on any atom is -0.412 e. The first-order chi connectivity index (χ1) is 10.3. The Hall–Kier alpha value is -0.160. The molecule has 0 aliphatic heterocycles. The molecule has 4 rings (SSSR count). The molecule has 0 aromatic carbocycles. The van der Waals surface area contributed by atoms with Crippen LogP contribution in [-0.2, 0) is 14.2 Å². The average Bonchev–Trinajstić information content (AvgIpc) is 3.12. The first kappa shape index (κ1) is 16.7. The van der Waals surface area contributed by atoms with Gasteiger partial charge in [0.05, 0.1) is 18.3 Å². The predicted octanol–water partition coefficient (Wildman–Crippen LogP) is 3.51. The molecule has 0 saturated heterocycles. The maximum atomic E-state index is 6.64. The van der Waals surface area contributed by atoms with Gasteiger partial charge in [0.1, 0.15) is 6.10 Å². The van der Waals surface area contributed by atoms with Crippen LogP contribution in [0.5, 0.6) is 0 Å². The Morgan fingerprint density at radius 2 is 1.18 bits per heavy atom. The first-order valence-corrected chi connectivity index (χ1v) is 9.35. The van der Waals surface area contributed by atoms with E-state index in [4.69, 9.17) is 14.2 Å². The fourth-order valence-corrected chi connectivity index (χ4v) is 4.05. The summed E-state index contributed by atoms with van der Waals surface area (Å²) >= 11 is 0. The van der Waals surface area contributed by atoms with Crippen LogP contribution in [0.2, 0.25) is 0 Å². The molecule has 2 N–H and O–H groups in total. The lowest BCUT2D eigenvalue weighted by Gasteiger charge is -2.47. The molecular formula is C18H32O4. The smallest absolute Gasteiger partial charge is 0.195 e. The van der Waals surface area contributed by atoms with Crippen LogP contribution in [0.25, 0.3) is 0 Å². The van der Waals surface area contributed by atoms with Crippen LogP contribution in [0, 0.1) is 0 Å². The largest absolute Gasteiger partial charge is 0.412 e. The summed E-state index contributed by atoms with van der Waals surface area (Å²) < 4.78 is 19.6. The zero-order valence-corrected chi connectivity index (χ0v) is 13.7. The molecule has 2 atom stereocenters. The highest BCUT2D eigenvalue weighted by Crippen LogP contribution is 2.43. The second-order valence-electron chi connectivity index (χ2n) is 7.58. The van der Waals surface area contributed by atoms with Crippen molar-refractivity contribution in [2.75, 3.05) is 0 Å². The van der Waals surface area contributed by atoms with Gasteiger partial charge in [0.15, 0.2) is 5.79 Å². The fourth-order valence-electron chi connectivity index (χ4n) is 4.05. The number of ether oxygens (including phenoxy) is 3. The Morgan fingerprint density at radius 1 is 0.591 bits per heavy atom. The van der Waals surface area contributed by atoms with Crippen LogP contribution >= 0.6 is 0 Å². The van der Waals surface area contributed by atoms with Crippen molar-refractivity contribution in [2.24, 2.45) is 0 Å². The Bertz CT molecular complexity index is 347. The van der Waals surface area contributed by atoms with Gasteiger partial charge in [-0.05, 0) is 57.8 Å². The van der Waals surface area contributed by atoms with E-state index in [0.29, 0.717) is 18.3 Å². The zero-order chi connectivity index (χ0) is 14.1. The van der Waals surface area contributed by atoms with E-state index < -0.39 is 5.79 Å². The lowest BCUT2D eigenvalue weighted by Crippen LogP contribution is -2.55. The third-order valence-electron chi connectivity index (χ3n) is 5.70. The molecule has 0 spiro atoms. The van der Waals surface area contributed by atoms with Crippen LogP contribution in [0.15, 0.2) is 0 Å². The van der Waals surface area contributed by atoms with Crippen molar-refractivity contribution in [1.29, 1.82) is 0 Å². The SMILES string of the molecule is C1CCC(OC2(OC3CCC3)CCCCC2OC2CC2)C1.O. The van der Waals surface area contributed by atoms with Crippen LogP contribution in [-0.4, -0.2) is 35.7 Å². The lowest BCUT2D eigenvalue weighted by atomic mass is 9.88. The van der Waals surface area contributed by atoms with E-state index in [1.807, 2.05) is 0 Å². The van der Waals surface area contributed by atoms with Crippen LogP contribution in [0.3, 0.4) is 0 Å². The van der Waals surface area contributed by atoms with E-state index in [9.17, 15) is 0 Å². The Kier molecular flexibility index (Phi) is 5.43. The normalized spacial score (nSPS) is 36.8. The average molecular weight is 312 g/mol. The summed E-state index contributed by atoms with van der Waals surface area (Å²) in [7, 11) is 0. The maximum absolute atomic E-state index is 6.64.